The minimum Gasteiger partial charge on any atom is -0.339 e. The number of aryl methyl sites for hydroxylation is 1. The van der Waals surface area contributed by atoms with Crippen molar-refractivity contribution in [2.75, 3.05) is 11.4 Å². The number of para-hydroxylation sites is 1. The van der Waals surface area contributed by atoms with E-state index < -0.39 is 0 Å². The first-order valence-electron chi connectivity index (χ1n) is 8.88. The van der Waals surface area contributed by atoms with Crippen LogP contribution >= 0.6 is 22.9 Å². The molecule has 4 aromatic rings. The summed E-state index contributed by atoms with van der Waals surface area (Å²) in [6.45, 7) is 2.49. The van der Waals surface area contributed by atoms with Crippen LogP contribution in [0.1, 0.15) is 19.2 Å². The molecule has 2 aromatic carbocycles. The van der Waals surface area contributed by atoms with Crippen molar-refractivity contribution in [2.45, 2.75) is 19.8 Å². The molecule has 4 rings (SSSR count). The third kappa shape index (κ3) is 3.90. The average molecular weight is 413 g/mol. The first-order valence-corrected chi connectivity index (χ1v) is 10.1. The normalized spacial score (nSPS) is 11.1. The van der Waals surface area contributed by atoms with Gasteiger partial charge in [-0.3, -0.25) is 9.69 Å². The van der Waals surface area contributed by atoms with Gasteiger partial charge in [0.1, 0.15) is 0 Å². The highest BCUT2D eigenvalue weighted by Crippen LogP contribution is 2.29. The van der Waals surface area contributed by atoms with Gasteiger partial charge in [-0.1, -0.05) is 40.2 Å². The second-order valence-electron chi connectivity index (χ2n) is 6.12. The van der Waals surface area contributed by atoms with Gasteiger partial charge in [0.25, 0.3) is 0 Å². The molecule has 0 N–H and O–H groups in total. The largest absolute Gasteiger partial charge is 0.339 e. The van der Waals surface area contributed by atoms with Gasteiger partial charge in [-0.05, 0) is 43.3 Å². The van der Waals surface area contributed by atoms with Crippen LogP contribution in [0.25, 0.3) is 21.6 Å². The smallest absolute Gasteiger partial charge is 0.229 e. The molecule has 0 fully saturated rings. The Kier molecular flexibility index (Phi) is 5.36. The zero-order chi connectivity index (χ0) is 19.5. The molecule has 1 amide bonds. The maximum atomic E-state index is 12.7. The van der Waals surface area contributed by atoms with Crippen LogP contribution in [0.3, 0.4) is 0 Å². The third-order valence-corrected chi connectivity index (χ3v) is 5.57. The molecule has 0 aliphatic heterocycles. The number of halogens is 1. The molecule has 0 atom stereocenters. The summed E-state index contributed by atoms with van der Waals surface area (Å²) in [4.78, 5) is 23.4. The van der Waals surface area contributed by atoms with Crippen LogP contribution in [-0.4, -0.2) is 27.6 Å². The Morgan fingerprint density at radius 1 is 1.14 bits per heavy atom. The van der Waals surface area contributed by atoms with Crippen molar-refractivity contribution in [3.05, 3.63) is 59.4 Å². The van der Waals surface area contributed by atoms with E-state index in [4.69, 9.17) is 16.1 Å². The van der Waals surface area contributed by atoms with Crippen molar-refractivity contribution in [1.82, 2.24) is 15.1 Å². The van der Waals surface area contributed by atoms with E-state index in [-0.39, 0.29) is 12.3 Å². The molecule has 0 saturated carbocycles. The Morgan fingerprint density at radius 3 is 2.68 bits per heavy atom. The van der Waals surface area contributed by atoms with Crippen LogP contribution in [0.2, 0.25) is 5.02 Å². The van der Waals surface area contributed by atoms with Crippen LogP contribution in [0.15, 0.2) is 53.1 Å². The number of anilines is 1. The molecule has 0 bridgehead atoms. The molecular formula is C20H17ClN4O2S. The Labute approximate surface area is 170 Å². The van der Waals surface area contributed by atoms with E-state index in [0.29, 0.717) is 34.8 Å². The van der Waals surface area contributed by atoms with Crippen molar-refractivity contribution in [3.8, 4) is 11.4 Å². The molecule has 28 heavy (non-hydrogen) atoms. The van der Waals surface area contributed by atoms with Crippen LogP contribution in [0, 0.1) is 0 Å². The van der Waals surface area contributed by atoms with Crippen molar-refractivity contribution >= 4 is 44.2 Å². The SMILES string of the molecule is CCN(C(=O)CCc1nc(-c2ccc(Cl)cc2)no1)c1nc2ccccc2s1. The number of hydrogen-bond acceptors (Lipinski definition) is 6. The van der Waals surface area contributed by atoms with E-state index in [1.807, 2.05) is 43.3 Å². The molecule has 2 aromatic heterocycles. The Bertz CT molecular complexity index is 1070. The van der Waals surface area contributed by atoms with E-state index in [2.05, 4.69) is 15.1 Å². The number of carbonyl (C=O) groups is 1. The minimum atomic E-state index is -0.0206. The number of hydrogen-bond donors (Lipinski definition) is 0. The Morgan fingerprint density at radius 2 is 1.93 bits per heavy atom. The standard InChI is InChI=1S/C20H17ClN4O2S/c1-2-25(20-22-15-5-3-4-6-16(15)28-20)18(26)12-11-17-23-19(24-27-17)13-7-9-14(21)10-8-13/h3-10H,2,11-12H2,1H3. The van der Waals surface area contributed by atoms with E-state index in [1.54, 1.807) is 17.0 Å². The Hall–Kier alpha value is -2.77. The van der Waals surface area contributed by atoms with Gasteiger partial charge in [-0.2, -0.15) is 4.98 Å². The summed E-state index contributed by atoms with van der Waals surface area (Å²) in [7, 11) is 0. The van der Waals surface area contributed by atoms with E-state index >= 15 is 0 Å². The number of aromatic nitrogens is 3. The Balaban J connectivity index is 1.43. The predicted molar refractivity (Wildman–Crippen MR) is 111 cm³/mol. The fourth-order valence-electron chi connectivity index (χ4n) is 2.82. The summed E-state index contributed by atoms with van der Waals surface area (Å²) in [5.41, 5.74) is 1.72. The molecule has 6 nitrogen and oxygen atoms in total. The number of nitrogens with zero attached hydrogens (tertiary/aromatic N) is 4. The molecule has 2 heterocycles. The summed E-state index contributed by atoms with van der Waals surface area (Å²) < 4.78 is 6.35. The maximum Gasteiger partial charge on any atom is 0.229 e. The molecule has 0 spiro atoms. The number of rotatable bonds is 6. The highest BCUT2D eigenvalue weighted by molar-refractivity contribution is 7.22. The van der Waals surface area contributed by atoms with Gasteiger partial charge in [0.15, 0.2) is 5.13 Å². The minimum absolute atomic E-state index is 0.0206. The van der Waals surface area contributed by atoms with Crippen LogP contribution in [0.4, 0.5) is 5.13 Å². The van der Waals surface area contributed by atoms with Crippen LogP contribution in [-0.2, 0) is 11.2 Å². The molecule has 0 saturated heterocycles. The van der Waals surface area contributed by atoms with Gasteiger partial charge in [0, 0.05) is 30.0 Å². The lowest BCUT2D eigenvalue weighted by molar-refractivity contribution is -0.118. The van der Waals surface area contributed by atoms with Gasteiger partial charge in [0.05, 0.1) is 10.2 Å². The van der Waals surface area contributed by atoms with Crippen molar-refractivity contribution < 1.29 is 9.32 Å². The molecule has 0 aliphatic carbocycles. The fourth-order valence-corrected chi connectivity index (χ4v) is 3.99. The molecule has 0 unspecified atom stereocenters. The monoisotopic (exact) mass is 412 g/mol. The lowest BCUT2D eigenvalue weighted by Gasteiger charge is -2.16. The van der Waals surface area contributed by atoms with Crippen molar-refractivity contribution in [1.29, 1.82) is 0 Å². The van der Waals surface area contributed by atoms with Gasteiger partial charge in [-0.15, -0.1) is 0 Å². The van der Waals surface area contributed by atoms with Gasteiger partial charge in [-0.25, -0.2) is 4.98 Å². The number of thiazole rings is 1. The summed E-state index contributed by atoms with van der Waals surface area (Å²) in [6, 6.07) is 15.1. The highest BCUT2D eigenvalue weighted by Gasteiger charge is 2.19. The quantitative estimate of drug-likeness (QED) is 0.446. The first kappa shape index (κ1) is 18.6. The number of amides is 1. The lowest BCUT2D eigenvalue weighted by Crippen LogP contribution is -2.30. The molecule has 142 valence electrons. The van der Waals surface area contributed by atoms with Crippen molar-refractivity contribution in [3.63, 3.8) is 0 Å². The summed E-state index contributed by atoms with van der Waals surface area (Å²) >= 11 is 7.41. The van der Waals surface area contributed by atoms with Gasteiger partial charge >= 0.3 is 0 Å². The summed E-state index contributed by atoms with van der Waals surface area (Å²) in [5.74, 6) is 0.893. The fraction of sp³-hybridized carbons (Fsp3) is 0.200. The van der Waals surface area contributed by atoms with Gasteiger partial charge in [0.2, 0.25) is 17.6 Å². The molecular weight excluding hydrogens is 396 g/mol. The van der Waals surface area contributed by atoms with Crippen molar-refractivity contribution in [2.24, 2.45) is 0 Å². The van der Waals surface area contributed by atoms with Crippen LogP contribution in [0.5, 0.6) is 0 Å². The number of fused-ring (bicyclic) bond motifs is 1. The lowest BCUT2D eigenvalue weighted by atomic mass is 10.2. The van der Waals surface area contributed by atoms with E-state index in [1.165, 1.54) is 11.3 Å². The third-order valence-electron chi connectivity index (χ3n) is 4.25. The zero-order valence-corrected chi connectivity index (χ0v) is 16.7. The summed E-state index contributed by atoms with van der Waals surface area (Å²) in [5, 5.41) is 5.34. The summed E-state index contributed by atoms with van der Waals surface area (Å²) in [6.07, 6.45) is 0.646. The van der Waals surface area contributed by atoms with E-state index in [0.717, 1.165) is 15.8 Å². The predicted octanol–water partition coefficient (Wildman–Crippen LogP) is 4.99. The molecule has 0 aliphatic rings. The number of carbonyl (C=O) groups excluding carboxylic acids is 1. The van der Waals surface area contributed by atoms with Gasteiger partial charge < -0.3 is 4.52 Å². The number of benzene rings is 2. The molecule has 0 radical (unpaired) electrons. The maximum absolute atomic E-state index is 12.7. The topological polar surface area (TPSA) is 72.1 Å². The second kappa shape index (κ2) is 8.08. The van der Waals surface area contributed by atoms with E-state index in [9.17, 15) is 4.79 Å². The highest BCUT2D eigenvalue weighted by atomic mass is 35.5. The average Bonchev–Trinajstić information content (AvgIpc) is 3.34. The first-order chi connectivity index (χ1) is 13.6. The second-order valence-corrected chi connectivity index (χ2v) is 7.57. The van der Waals surface area contributed by atoms with Crippen LogP contribution < -0.4 is 4.90 Å². The zero-order valence-electron chi connectivity index (χ0n) is 15.1. The molecule has 8 heteroatoms.